The first-order valence-corrected chi connectivity index (χ1v) is 10.7. The molecule has 7 nitrogen and oxygen atoms in total. The number of rotatable bonds is 4. The molecule has 1 aromatic carbocycles. The number of piperazine rings is 1. The lowest BCUT2D eigenvalue weighted by molar-refractivity contribution is 0.180. The number of pyridine rings is 1. The Morgan fingerprint density at radius 2 is 1.72 bits per heavy atom. The number of sulfonamides is 1. The highest BCUT2D eigenvalue weighted by atomic mass is 32.2. The van der Waals surface area contributed by atoms with Gasteiger partial charge >= 0.3 is 0 Å². The fraction of sp³-hybridized carbons (Fsp3) is 0.300. The molecule has 0 N–H and O–H groups in total. The standard InChI is InChI=1S/C20H21FN4O3S/c1-15-2-7-19-22-17(12-20(26)25(19)13-15)14-23-8-10-24(11-9-23)29(27,28)18-5-3-16(21)4-6-18/h2-7,12-13H,8-11,14H2,1H3. The highest BCUT2D eigenvalue weighted by molar-refractivity contribution is 7.89. The van der Waals surface area contributed by atoms with Crippen molar-refractivity contribution < 1.29 is 12.8 Å². The van der Waals surface area contributed by atoms with Crippen molar-refractivity contribution in [1.29, 1.82) is 0 Å². The number of nitrogens with zero attached hydrogens (tertiary/aromatic N) is 4. The van der Waals surface area contributed by atoms with Gasteiger partial charge < -0.3 is 0 Å². The molecule has 0 saturated carbocycles. The third-order valence-corrected chi connectivity index (χ3v) is 6.94. The van der Waals surface area contributed by atoms with E-state index in [9.17, 15) is 17.6 Å². The van der Waals surface area contributed by atoms with Crippen molar-refractivity contribution >= 4 is 15.7 Å². The van der Waals surface area contributed by atoms with Gasteiger partial charge in [-0.2, -0.15) is 4.31 Å². The van der Waals surface area contributed by atoms with Gasteiger partial charge in [0, 0.05) is 45.0 Å². The van der Waals surface area contributed by atoms with E-state index >= 15 is 0 Å². The topological polar surface area (TPSA) is 75.0 Å². The second-order valence-corrected chi connectivity index (χ2v) is 9.09. The fourth-order valence-electron chi connectivity index (χ4n) is 3.45. The molecule has 1 saturated heterocycles. The Bertz CT molecular complexity index is 1200. The van der Waals surface area contributed by atoms with Gasteiger partial charge in [0.1, 0.15) is 11.5 Å². The normalized spacial score (nSPS) is 16.3. The summed E-state index contributed by atoms with van der Waals surface area (Å²) >= 11 is 0. The summed E-state index contributed by atoms with van der Waals surface area (Å²) in [7, 11) is -3.64. The summed E-state index contributed by atoms with van der Waals surface area (Å²) in [6.45, 7) is 4.09. The lowest BCUT2D eigenvalue weighted by atomic mass is 10.3. The van der Waals surface area contributed by atoms with E-state index in [-0.39, 0.29) is 10.5 Å². The van der Waals surface area contributed by atoms with Crippen molar-refractivity contribution in [2.45, 2.75) is 18.4 Å². The van der Waals surface area contributed by atoms with Crippen LogP contribution in [0.3, 0.4) is 0 Å². The van der Waals surface area contributed by atoms with Crippen LogP contribution in [0, 0.1) is 12.7 Å². The molecule has 2 aromatic heterocycles. The number of benzene rings is 1. The van der Waals surface area contributed by atoms with Gasteiger partial charge in [-0.1, -0.05) is 6.07 Å². The minimum Gasteiger partial charge on any atom is -0.295 e. The molecule has 0 atom stereocenters. The number of aryl methyl sites for hydroxylation is 1. The van der Waals surface area contributed by atoms with Crippen LogP contribution in [0.4, 0.5) is 4.39 Å². The quantitative estimate of drug-likeness (QED) is 0.647. The van der Waals surface area contributed by atoms with Crippen LogP contribution in [0.5, 0.6) is 0 Å². The van der Waals surface area contributed by atoms with E-state index in [1.165, 1.54) is 26.9 Å². The predicted molar refractivity (Wildman–Crippen MR) is 107 cm³/mol. The zero-order valence-electron chi connectivity index (χ0n) is 16.0. The molecule has 0 aliphatic carbocycles. The van der Waals surface area contributed by atoms with Crippen molar-refractivity contribution in [1.82, 2.24) is 18.6 Å². The van der Waals surface area contributed by atoms with Crippen LogP contribution in [0.15, 0.2) is 58.4 Å². The van der Waals surface area contributed by atoms with Crippen LogP contribution in [-0.2, 0) is 16.6 Å². The number of aromatic nitrogens is 2. The van der Waals surface area contributed by atoms with E-state index in [4.69, 9.17) is 0 Å². The molecule has 3 aromatic rings. The third kappa shape index (κ3) is 4.07. The van der Waals surface area contributed by atoms with Crippen LogP contribution in [-0.4, -0.2) is 53.2 Å². The first-order valence-electron chi connectivity index (χ1n) is 9.30. The van der Waals surface area contributed by atoms with E-state index < -0.39 is 15.8 Å². The average Bonchev–Trinajstić information content (AvgIpc) is 2.69. The Kier molecular flexibility index (Phi) is 5.20. The van der Waals surface area contributed by atoms with Gasteiger partial charge in [0.05, 0.1) is 10.6 Å². The molecular weight excluding hydrogens is 395 g/mol. The maximum Gasteiger partial charge on any atom is 0.258 e. The highest BCUT2D eigenvalue weighted by Crippen LogP contribution is 2.18. The minimum absolute atomic E-state index is 0.0897. The highest BCUT2D eigenvalue weighted by Gasteiger charge is 2.28. The monoisotopic (exact) mass is 416 g/mol. The van der Waals surface area contributed by atoms with E-state index in [1.54, 1.807) is 6.20 Å². The Morgan fingerprint density at radius 3 is 2.41 bits per heavy atom. The number of hydrogen-bond acceptors (Lipinski definition) is 5. The molecular formula is C20H21FN4O3S. The maximum absolute atomic E-state index is 13.1. The fourth-order valence-corrected chi connectivity index (χ4v) is 4.87. The van der Waals surface area contributed by atoms with Crippen molar-refractivity contribution in [3.8, 4) is 0 Å². The Balaban J connectivity index is 1.45. The zero-order chi connectivity index (χ0) is 20.6. The SMILES string of the molecule is Cc1ccc2nc(CN3CCN(S(=O)(=O)c4ccc(F)cc4)CC3)cc(=O)n2c1. The average molecular weight is 416 g/mol. The number of halogens is 1. The Morgan fingerprint density at radius 1 is 1.03 bits per heavy atom. The van der Waals surface area contributed by atoms with Gasteiger partial charge in [-0.05, 0) is 42.8 Å². The lowest BCUT2D eigenvalue weighted by Crippen LogP contribution is -2.48. The van der Waals surface area contributed by atoms with Crippen LogP contribution in [0.2, 0.25) is 0 Å². The van der Waals surface area contributed by atoms with Crippen molar-refractivity contribution in [3.05, 3.63) is 76.1 Å². The molecule has 0 bridgehead atoms. The van der Waals surface area contributed by atoms with Crippen molar-refractivity contribution in [3.63, 3.8) is 0 Å². The lowest BCUT2D eigenvalue weighted by Gasteiger charge is -2.33. The molecule has 152 valence electrons. The molecule has 0 amide bonds. The second kappa shape index (κ2) is 7.66. The third-order valence-electron chi connectivity index (χ3n) is 5.03. The summed E-state index contributed by atoms with van der Waals surface area (Å²) in [6, 6.07) is 10.1. The summed E-state index contributed by atoms with van der Waals surface area (Å²) < 4.78 is 41.4. The number of fused-ring (bicyclic) bond motifs is 1. The van der Waals surface area contributed by atoms with E-state index in [0.717, 1.165) is 17.7 Å². The number of hydrogen-bond donors (Lipinski definition) is 0. The van der Waals surface area contributed by atoms with Gasteiger partial charge in [0.25, 0.3) is 5.56 Å². The first kappa shape index (κ1) is 19.7. The summed E-state index contributed by atoms with van der Waals surface area (Å²) in [5.74, 6) is -0.470. The van der Waals surface area contributed by atoms with Crippen LogP contribution in [0.25, 0.3) is 5.65 Å². The minimum atomic E-state index is -3.64. The first-order chi connectivity index (χ1) is 13.8. The summed E-state index contributed by atoms with van der Waals surface area (Å²) in [4.78, 5) is 19.1. The van der Waals surface area contributed by atoms with E-state index in [1.807, 2.05) is 19.1 Å². The summed E-state index contributed by atoms with van der Waals surface area (Å²) in [6.07, 6.45) is 1.76. The van der Waals surface area contributed by atoms with E-state index in [2.05, 4.69) is 9.88 Å². The van der Waals surface area contributed by atoms with Gasteiger partial charge in [0.15, 0.2) is 0 Å². The van der Waals surface area contributed by atoms with Crippen LogP contribution >= 0.6 is 0 Å². The zero-order valence-corrected chi connectivity index (χ0v) is 16.8. The Hall–Kier alpha value is -2.62. The molecule has 0 unspecified atom stereocenters. The smallest absolute Gasteiger partial charge is 0.258 e. The molecule has 9 heteroatoms. The molecule has 4 rings (SSSR count). The molecule has 1 aliphatic heterocycles. The van der Waals surface area contributed by atoms with Gasteiger partial charge in [-0.25, -0.2) is 17.8 Å². The van der Waals surface area contributed by atoms with Crippen LogP contribution in [0.1, 0.15) is 11.3 Å². The molecule has 29 heavy (non-hydrogen) atoms. The van der Waals surface area contributed by atoms with Crippen molar-refractivity contribution in [2.24, 2.45) is 0 Å². The second-order valence-electron chi connectivity index (χ2n) is 7.15. The molecule has 1 fully saturated rings. The molecule has 1 aliphatic rings. The van der Waals surface area contributed by atoms with E-state index in [0.29, 0.717) is 44.1 Å². The Labute approximate surface area is 168 Å². The van der Waals surface area contributed by atoms with Gasteiger partial charge in [-0.3, -0.25) is 14.1 Å². The largest absolute Gasteiger partial charge is 0.295 e. The molecule has 0 radical (unpaired) electrons. The summed E-state index contributed by atoms with van der Waals surface area (Å²) in [5, 5.41) is 0. The van der Waals surface area contributed by atoms with Crippen molar-refractivity contribution in [2.75, 3.05) is 26.2 Å². The predicted octanol–water partition coefficient (Wildman–Crippen LogP) is 1.65. The van der Waals surface area contributed by atoms with Gasteiger partial charge in [-0.15, -0.1) is 0 Å². The van der Waals surface area contributed by atoms with Crippen LogP contribution < -0.4 is 5.56 Å². The summed E-state index contributed by atoms with van der Waals surface area (Å²) in [5.41, 5.74) is 2.10. The maximum atomic E-state index is 13.1. The van der Waals surface area contributed by atoms with Gasteiger partial charge in [0.2, 0.25) is 10.0 Å². The molecule has 0 spiro atoms. The molecule has 3 heterocycles.